The number of fused-ring (bicyclic) bond motifs is 4. The van der Waals surface area contributed by atoms with Gasteiger partial charge in [0.2, 0.25) is 0 Å². The zero-order valence-electron chi connectivity index (χ0n) is 41.8. The van der Waals surface area contributed by atoms with Gasteiger partial charge in [-0.3, -0.25) is 4.57 Å². The first-order valence-electron chi connectivity index (χ1n) is 24.6. The number of phenolic OH excluding ortho intramolecular Hbond substituents is 1. The van der Waals surface area contributed by atoms with Crippen LogP contribution in [-0.2, 0) is 44.7 Å². The van der Waals surface area contributed by atoms with E-state index in [1.54, 1.807) is 6.07 Å². The predicted octanol–water partition coefficient (Wildman–Crippen LogP) is 16.9. The van der Waals surface area contributed by atoms with Gasteiger partial charge in [-0.15, -0.1) is 35.4 Å². The molecule has 1 aliphatic carbocycles. The Kier molecular flexibility index (Phi) is 12.4. The Hall–Kier alpha value is -7.13. The summed E-state index contributed by atoms with van der Waals surface area (Å²) in [5.74, 6) is 1.01. The molecule has 71 heavy (non-hydrogen) atoms. The third kappa shape index (κ3) is 8.78. The van der Waals surface area contributed by atoms with Crippen LogP contribution in [0, 0.1) is 19.9 Å². The van der Waals surface area contributed by atoms with E-state index in [-0.39, 0.29) is 37.6 Å². The monoisotopic (exact) mass is 1100 g/mol. The number of aromatic nitrogens is 3. The van der Waals surface area contributed by atoms with Gasteiger partial charge in [-0.25, -0.2) is 9.97 Å². The summed E-state index contributed by atoms with van der Waals surface area (Å²) in [6.45, 7) is 18.1. The van der Waals surface area contributed by atoms with Crippen LogP contribution in [-0.4, -0.2) is 19.6 Å². The van der Waals surface area contributed by atoms with Crippen molar-refractivity contribution < 1.29 is 26.2 Å². The second kappa shape index (κ2) is 18.6. The summed E-state index contributed by atoms with van der Waals surface area (Å²) < 4.78 is 2.29. The van der Waals surface area contributed by atoms with E-state index in [4.69, 9.17) is 9.97 Å². The molecule has 354 valence electrons. The van der Waals surface area contributed by atoms with Gasteiger partial charge in [-0.05, 0) is 129 Å². The van der Waals surface area contributed by atoms with Crippen molar-refractivity contribution in [2.75, 3.05) is 0 Å². The molecule has 0 aliphatic heterocycles. The first-order valence-corrected chi connectivity index (χ1v) is 24.6. The van der Waals surface area contributed by atoms with Crippen molar-refractivity contribution in [2.24, 2.45) is 0 Å². The number of aromatic hydroxyl groups is 1. The number of hydrogen-bond acceptors (Lipinski definition) is 3. The molecule has 0 fully saturated rings. The minimum absolute atomic E-state index is 0. The van der Waals surface area contributed by atoms with Gasteiger partial charge in [0.05, 0.1) is 22.4 Å². The fourth-order valence-electron chi connectivity index (χ4n) is 10.5. The molecule has 8 aromatic carbocycles. The third-order valence-corrected chi connectivity index (χ3v) is 14.3. The molecule has 2 aromatic heterocycles. The number of imidazole rings is 1. The Bertz CT molecular complexity index is 3640. The maximum atomic E-state index is 11.2. The fraction of sp³-hybridized carbons (Fsp3) is 0.182. The van der Waals surface area contributed by atoms with Gasteiger partial charge in [-0.2, -0.15) is 0 Å². The summed E-state index contributed by atoms with van der Waals surface area (Å²) in [4.78, 5) is 11.0. The molecule has 10 aromatic rings. The molecule has 2 heterocycles. The molecule has 1 N–H and O–H groups in total. The van der Waals surface area contributed by atoms with Crippen LogP contribution in [0.3, 0.4) is 0 Å². The Balaban J connectivity index is 0.00000582. The van der Waals surface area contributed by atoms with Crippen LogP contribution >= 0.6 is 0 Å². The van der Waals surface area contributed by atoms with E-state index < -0.39 is 0 Å². The van der Waals surface area contributed by atoms with Gasteiger partial charge in [0.25, 0.3) is 0 Å². The number of hydrogen-bond donors (Lipinski definition) is 1. The molecular weight excluding hydrogens is 1050 g/mol. The van der Waals surface area contributed by atoms with Crippen molar-refractivity contribution in [1.29, 1.82) is 0 Å². The van der Waals surface area contributed by atoms with Gasteiger partial charge < -0.3 is 5.11 Å². The van der Waals surface area contributed by atoms with Crippen LogP contribution in [0.15, 0.2) is 176 Å². The van der Waals surface area contributed by atoms with E-state index in [1.165, 1.54) is 33.4 Å². The van der Waals surface area contributed by atoms with Crippen LogP contribution < -0.4 is 0 Å². The van der Waals surface area contributed by atoms with Crippen molar-refractivity contribution in [3.8, 4) is 89.8 Å². The van der Waals surface area contributed by atoms with Crippen molar-refractivity contribution >= 4 is 11.0 Å². The maximum absolute atomic E-state index is 11.2. The minimum Gasteiger partial charge on any atom is -0.507 e. The van der Waals surface area contributed by atoms with Gasteiger partial charge in [-0.1, -0.05) is 186 Å². The first kappa shape index (κ1) is 47.5. The SMILES string of the molecule is Cc1cccc(C)c1-n1c(-c2ccc3c(n2)-c2c(O)cccc2CC3)nc2c(-c3[c-]c(-c4c(-c5cccc(C(C)(C)C)c5)cccc4-c4cc(-c5ccccc5)cc(C(C)(C)C)c4)ccc3)cccc21.[Pt]. The molecule has 0 saturated heterocycles. The summed E-state index contributed by atoms with van der Waals surface area (Å²) >= 11 is 0. The molecule has 11 rings (SSSR count). The number of aryl methyl sites for hydroxylation is 4. The zero-order valence-corrected chi connectivity index (χ0v) is 44.0. The Morgan fingerprint density at radius 1 is 0.493 bits per heavy atom. The normalized spacial score (nSPS) is 12.3. The molecule has 1 aliphatic rings. The Labute approximate surface area is 433 Å². The molecule has 0 unspecified atom stereocenters. The quantitative estimate of drug-likeness (QED) is 0.162. The molecule has 5 heteroatoms. The summed E-state index contributed by atoms with van der Waals surface area (Å²) in [5.41, 5.74) is 23.5. The second-order valence-electron chi connectivity index (χ2n) is 21.2. The molecule has 0 bridgehead atoms. The number of nitrogens with zero attached hydrogens (tertiary/aromatic N) is 3. The van der Waals surface area contributed by atoms with Crippen LogP contribution in [0.4, 0.5) is 0 Å². The summed E-state index contributed by atoms with van der Waals surface area (Å²) in [6, 6.07) is 67.3. The summed E-state index contributed by atoms with van der Waals surface area (Å²) in [5, 5.41) is 11.2. The Morgan fingerprint density at radius 2 is 1.10 bits per heavy atom. The molecule has 0 amide bonds. The van der Waals surface area contributed by atoms with Crippen LogP contribution in [0.2, 0.25) is 0 Å². The van der Waals surface area contributed by atoms with E-state index in [1.807, 2.05) is 6.07 Å². The number of para-hydroxylation sites is 2. The van der Waals surface area contributed by atoms with Gasteiger partial charge in [0.15, 0.2) is 5.82 Å². The first-order chi connectivity index (χ1) is 33.7. The minimum atomic E-state index is -0.0803. The molecule has 0 spiro atoms. The molecule has 0 saturated carbocycles. The predicted molar refractivity (Wildman–Crippen MR) is 292 cm³/mol. The topological polar surface area (TPSA) is 50.9 Å². The van der Waals surface area contributed by atoms with Crippen molar-refractivity contribution in [3.05, 3.63) is 215 Å². The number of pyridine rings is 1. The Morgan fingerprint density at radius 3 is 1.86 bits per heavy atom. The van der Waals surface area contributed by atoms with Crippen LogP contribution in [0.25, 0.3) is 95.1 Å². The standard InChI is InChI=1S/C66H58N3O.Pt/c1-41-18-12-19-42(2)63(41)69-57-30-17-29-55(62(57)68-64(69)56-35-34-45-33-32-44-22-15-31-58(70)60(44)61(45)67-56)46-23-13-25-48(36-46)59-53(47-24-14-26-51(38-47)65(3,4)5)27-16-28-54(59)50-37-49(43-20-10-9-11-21-43)39-52(40-50)66(6,7)8;/h9-31,34-35,37-40,70H,32-33H2,1-8H3;/q-1;. The third-order valence-electron chi connectivity index (χ3n) is 14.3. The average molecular weight is 1100 g/mol. The zero-order chi connectivity index (χ0) is 48.5. The number of benzene rings is 8. The molecular formula is C66H58N3OPt-. The second-order valence-corrected chi connectivity index (χ2v) is 21.2. The summed E-state index contributed by atoms with van der Waals surface area (Å²) in [7, 11) is 0. The molecule has 0 radical (unpaired) electrons. The average Bonchev–Trinajstić information content (AvgIpc) is 3.75. The molecule has 0 atom stereocenters. The van der Waals surface area contributed by atoms with Gasteiger partial charge in [0.1, 0.15) is 11.4 Å². The number of rotatable bonds is 7. The fourth-order valence-corrected chi connectivity index (χ4v) is 10.5. The van der Waals surface area contributed by atoms with Crippen LogP contribution in [0.1, 0.15) is 74.9 Å². The van der Waals surface area contributed by atoms with Crippen LogP contribution in [0.5, 0.6) is 5.75 Å². The summed E-state index contributed by atoms with van der Waals surface area (Å²) in [6.07, 6.45) is 1.73. The van der Waals surface area contributed by atoms with Crippen molar-refractivity contribution in [2.45, 2.75) is 79.1 Å². The van der Waals surface area contributed by atoms with E-state index in [0.29, 0.717) is 0 Å². The van der Waals surface area contributed by atoms with Crippen molar-refractivity contribution in [1.82, 2.24) is 14.5 Å². The van der Waals surface area contributed by atoms with E-state index >= 15 is 0 Å². The van der Waals surface area contributed by atoms with Gasteiger partial charge in [0, 0.05) is 26.6 Å². The largest absolute Gasteiger partial charge is 0.507 e. The number of phenols is 1. The van der Waals surface area contributed by atoms with E-state index in [0.717, 1.165) is 108 Å². The van der Waals surface area contributed by atoms with Crippen molar-refractivity contribution in [3.63, 3.8) is 0 Å². The van der Waals surface area contributed by atoms with Gasteiger partial charge >= 0.3 is 0 Å². The smallest absolute Gasteiger partial charge is 0.163 e. The van der Waals surface area contributed by atoms with E-state index in [2.05, 4.69) is 230 Å². The maximum Gasteiger partial charge on any atom is 0.163 e. The molecule has 4 nitrogen and oxygen atoms in total. The van der Waals surface area contributed by atoms with E-state index in [9.17, 15) is 5.11 Å².